The summed E-state index contributed by atoms with van der Waals surface area (Å²) < 4.78 is 21.8. The standard InChI is InChI=1S/C31H28N4O9/c1-41-25-14-6-2-10-21(25)32-29(36)18-42-26-15-7-3-11-22(26)33-30(37)19-43-27-16-8-4-12-23(27)34-31(38)20-44-28-17-9-5-13-24(28)35(39)40/h2-17H,18-20H2,1H3,(H,32,36)(H,33,37)(H,34,38). The third-order valence-corrected chi connectivity index (χ3v) is 5.84. The minimum atomic E-state index is -0.605. The minimum absolute atomic E-state index is 0.0461. The van der Waals surface area contributed by atoms with Crippen LogP contribution in [0.25, 0.3) is 0 Å². The molecular weight excluding hydrogens is 572 g/mol. The van der Waals surface area contributed by atoms with Gasteiger partial charge in [0.25, 0.3) is 17.7 Å². The van der Waals surface area contributed by atoms with Crippen LogP contribution in [-0.2, 0) is 14.4 Å². The third-order valence-electron chi connectivity index (χ3n) is 5.84. The van der Waals surface area contributed by atoms with E-state index in [9.17, 15) is 24.5 Å². The van der Waals surface area contributed by atoms with Crippen molar-refractivity contribution in [2.75, 3.05) is 42.9 Å². The van der Waals surface area contributed by atoms with Crippen LogP contribution in [0, 0.1) is 10.1 Å². The van der Waals surface area contributed by atoms with Gasteiger partial charge in [-0.2, -0.15) is 0 Å². The Hall–Kier alpha value is -6.11. The van der Waals surface area contributed by atoms with Gasteiger partial charge in [-0.3, -0.25) is 24.5 Å². The van der Waals surface area contributed by atoms with Gasteiger partial charge < -0.3 is 34.9 Å². The van der Waals surface area contributed by atoms with Crippen LogP contribution < -0.4 is 34.9 Å². The van der Waals surface area contributed by atoms with Gasteiger partial charge in [0.2, 0.25) is 0 Å². The Kier molecular flexibility index (Phi) is 10.7. The number of carbonyl (C=O) groups excluding carboxylic acids is 3. The van der Waals surface area contributed by atoms with Crippen LogP contribution in [0.4, 0.5) is 22.7 Å². The maximum absolute atomic E-state index is 12.7. The molecule has 0 saturated heterocycles. The highest BCUT2D eigenvalue weighted by Gasteiger charge is 2.17. The summed E-state index contributed by atoms with van der Waals surface area (Å²) in [5, 5.41) is 19.2. The van der Waals surface area contributed by atoms with Gasteiger partial charge in [0, 0.05) is 6.07 Å². The molecule has 4 rings (SSSR count). The summed E-state index contributed by atoms with van der Waals surface area (Å²) in [6, 6.07) is 25.7. The number of rotatable bonds is 14. The maximum atomic E-state index is 12.7. The molecule has 3 amide bonds. The van der Waals surface area contributed by atoms with Gasteiger partial charge in [0.15, 0.2) is 25.6 Å². The van der Waals surface area contributed by atoms with Crippen LogP contribution in [0.3, 0.4) is 0 Å². The number of hydrogen-bond donors (Lipinski definition) is 3. The smallest absolute Gasteiger partial charge is 0.310 e. The zero-order valence-corrected chi connectivity index (χ0v) is 23.5. The van der Waals surface area contributed by atoms with Crippen molar-refractivity contribution >= 4 is 40.5 Å². The molecule has 0 fully saturated rings. The average molecular weight is 601 g/mol. The molecule has 0 aromatic heterocycles. The van der Waals surface area contributed by atoms with Crippen molar-refractivity contribution in [2.24, 2.45) is 0 Å². The van der Waals surface area contributed by atoms with Gasteiger partial charge in [0.1, 0.15) is 17.2 Å². The van der Waals surface area contributed by atoms with E-state index < -0.39 is 35.9 Å². The quantitative estimate of drug-likeness (QED) is 0.138. The number of methoxy groups -OCH3 is 1. The zero-order valence-electron chi connectivity index (χ0n) is 23.5. The second-order valence-corrected chi connectivity index (χ2v) is 8.93. The average Bonchev–Trinajstić information content (AvgIpc) is 3.03. The van der Waals surface area contributed by atoms with Gasteiger partial charge in [-0.25, -0.2) is 0 Å². The Labute approximate surface area is 251 Å². The fourth-order valence-electron chi connectivity index (χ4n) is 3.86. The molecule has 0 saturated carbocycles. The number of ether oxygens (including phenoxy) is 4. The van der Waals surface area contributed by atoms with E-state index in [4.69, 9.17) is 18.9 Å². The molecule has 0 aliphatic rings. The molecule has 44 heavy (non-hydrogen) atoms. The highest BCUT2D eigenvalue weighted by molar-refractivity contribution is 5.95. The lowest BCUT2D eigenvalue weighted by Crippen LogP contribution is -2.23. The number of nitrogens with one attached hydrogen (secondary N) is 3. The number of nitro groups is 1. The second-order valence-electron chi connectivity index (χ2n) is 8.93. The number of hydrogen-bond acceptors (Lipinski definition) is 9. The second kappa shape index (κ2) is 15.2. The molecule has 4 aromatic carbocycles. The SMILES string of the molecule is COc1ccccc1NC(=O)COc1ccccc1NC(=O)COc1ccccc1NC(=O)COc1ccccc1[N+](=O)[O-]. The highest BCUT2D eigenvalue weighted by atomic mass is 16.6. The van der Waals surface area contributed by atoms with E-state index in [-0.39, 0.29) is 35.2 Å². The molecule has 13 nitrogen and oxygen atoms in total. The van der Waals surface area contributed by atoms with E-state index in [0.29, 0.717) is 17.1 Å². The van der Waals surface area contributed by atoms with Gasteiger partial charge in [0.05, 0.1) is 29.1 Å². The lowest BCUT2D eigenvalue weighted by atomic mass is 10.3. The number of carbonyl (C=O) groups is 3. The van der Waals surface area contributed by atoms with Crippen LogP contribution in [-0.4, -0.2) is 49.6 Å². The predicted molar refractivity (Wildman–Crippen MR) is 161 cm³/mol. The van der Waals surface area contributed by atoms with E-state index in [1.165, 1.54) is 25.3 Å². The normalized spacial score (nSPS) is 10.2. The summed E-state index contributed by atoms with van der Waals surface area (Å²) >= 11 is 0. The van der Waals surface area contributed by atoms with E-state index in [2.05, 4.69) is 16.0 Å². The van der Waals surface area contributed by atoms with Crippen molar-refractivity contribution in [1.29, 1.82) is 0 Å². The molecule has 0 aliphatic heterocycles. The topological polar surface area (TPSA) is 167 Å². The summed E-state index contributed by atoms with van der Waals surface area (Å²) in [4.78, 5) is 48.2. The Morgan fingerprint density at radius 2 is 0.909 bits per heavy atom. The predicted octanol–water partition coefficient (Wildman–Crippen LogP) is 4.66. The Morgan fingerprint density at radius 1 is 0.568 bits per heavy atom. The molecule has 4 aromatic rings. The summed E-state index contributed by atoms with van der Waals surface area (Å²) in [5.74, 6) is -0.618. The van der Waals surface area contributed by atoms with Crippen molar-refractivity contribution in [1.82, 2.24) is 0 Å². The molecular formula is C31H28N4O9. The first-order valence-electron chi connectivity index (χ1n) is 13.2. The first-order chi connectivity index (χ1) is 21.3. The molecule has 3 N–H and O–H groups in total. The van der Waals surface area contributed by atoms with Crippen molar-refractivity contribution in [3.05, 3.63) is 107 Å². The van der Waals surface area contributed by atoms with E-state index in [0.717, 1.165) is 0 Å². The van der Waals surface area contributed by atoms with E-state index >= 15 is 0 Å². The van der Waals surface area contributed by atoms with Crippen LogP contribution in [0.15, 0.2) is 97.1 Å². The van der Waals surface area contributed by atoms with Gasteiger partial charge in [-0.1, -0.05) is 48.5 Å². The first-order valence-corrected chi connectivity index (χ1v) is 13.2. The molecule has 0 spiro atoms. The van der Waals surface area contributed by atoms with E-state index in [1.54, 1.807) is 78.9 Å². The molecule has 0 unspecified atom stereocenters. The molecule has 0 atom stereocenters. The zero-order chi connectivity index (χ0) is 31.3. The number of amides is 3. The van der Waals surface area contributed by atoms with Crippen molar-refractivity contribution in [3.63, 3.8) is 0 Å². The number of para-hydroxylation sites is 8. The van der Waals surface area contributed by atoms with Crippen molar-refractivity contribution in [3.8, 4) is 23.0 Å². The lowest BCUT2D eigenvalue weighted by Gasteiger charge is -2.15. The Balaban J connectivity index is 1.29. The molecule has 0 radical (unpaired) electrons. The molecule has 0 aliphatic carbocycles. The lowest BCUT2D eigenvalue weighted by molar-refractivity contribution is -0.385. The van der Waals surface area contributed by atoms with Gasteiger partial charge in [-0.15, -0.1) is 0 Å². The first kappa shape index (κ1) is 30.8. The summed E-state index contributed by atoms with van der Waals surface area (Å²) in [6.45, 7) is -1.23. The fraction of sp³-hybridized carbons (Fsp3) is 0.129. The number of anilines is 3. The molecule has 0 heterocycles. The molecule has 0 bridgehead atoms. The van der Waals surface area contributed by atoms with Crippen LogP contribution >= 0.6 is 0 Å². The Bertz CT molecular complexity index is 1640. The van der Waals surface area contributed by atoms with Crippen LogP contribution in [0.5, 0.6) is 23.0 Å². The monoisotopic (exact) mass is 600 g/mol. The molecule has 226 valence electrons. The Morgan fingerprint density at radius 3 is 1.34 bits per heavy atom. The highest BCUT2D eigenvalue weighted by Crippen LogP contribution is 2.28. The fourth-order valence-corrected chi connectivity index (χ4v) is 3.86. The van der Waals surface area contributed by atoms with Crippen molar-refractivity contribution in [2.45, 2.75) is 0 Å². The van der Waals surface area contributed by atoms with Crippen LogP contribution in [0.1, 0.15) is 0 Å². The van der Waals surface area contributed by atoms with E-state index in [1.807, 2.05) is 0 Å². The summed E-state index contributed by atoms with van der Waals surface area (Å²) in [7, 11) is 1.50. The summed E-state index contributed by atoms with van der Waals surface area (Å²) in [5.41, 5.74) is 0.811. The van der Waals surface area contributed by atoms with Gasteiger partial charge in [-0.05, 0) is 42.5 Å². The minimum Gasteiger partial charge on any atom is -0.495 e. The van der Waals surface area contributed by atoms with Crippen molar-refractivity contribution < 1.29 is 38.3 Å². The number of benzene rings is 4. The molecule has 13 heteroatoms. The van der Waals surface area contributed by atoms with Gasteiger partial charge >= 0.3 is 5.69 Å². The number of nitrogens with zero attached hydrogens (tertiary/aromatic N) is 1. The maximum Gasteiger partial charge on any atom is 0.310 e. The largest absolute Gasteiger partial charge is 0.495 e. The third kappa shape index (κ3) is 8.69. The van der Waals surface area contributed by atoms with Crippen LogP contribution in [0.2, 0.25) is 0 Å². The summed E-state index contributed by atoms with van der Waals surface area (Å²) in [6.07, 6.45) is 0. The number of nitro benzene ring substituents is 1.